The molecule has 0 radical (unpaired) electrons. The first-order valence-corrected chi connectivity index (χ1v) is 5.64. The summed E-state index contributed by atoms with van der Waals surface area (Å²) < 4.78 is 4.60. The van der Waals surface area contributed by atoms with Crippen molar-refractivity contribution in [1.29, 1.82) is 0 Å². The van der Waals surface area contributed by atoms with E-state index in [-0.39, 0.29) is 0 Å². The molecule has 18 heavy (non-hydrogen) atoms. The van der Waals surface area contributed by atoms with Gasteiger partial charge >= 0.3 is 12.0 Å². The van der Waals surface area contributed by atoms with Crippen LogP contribution in [0.2, 0.25) is 0 Å². The van der Waals surface area contributed by atoms with Crippen molar-refractivity contribution in [3.05, 3.63) is 35.9 Å². The Kier molecular flexibility index (Phi) is 4.71. The third-order valence-electron chi connectivity index (χ3n) is 2.42. The zero-order chi connectivity index (χ0) is 13.6. The fourth-order valence-electron chi connectivity index (χ4n) is 1.41. The molecule has 2 amide bonds. The minimum atomic E-state index is -1.05. The average molecular weight is 250 g/mol. The number of carbonyl (C=O) groups is 2. The molecule has 0 saturated carbocycles. The molecule has 0 heterocycles. The van der Waals surface area contributed by atoms with E-state index in [1.807, 2.05) is 30.3 Å². The van der Waals surface area contributed by atoms with Gasteiger partial charge in [0.15, 0.2) is 0 Å². The molecule has 5 heteroatoms. The van der Waals surface area contributed by atoms with Gasteiger partial charge in [-0.05, 0) is 19.4 Å². The number of hydrogen-bond donors (Lipinski definition) is 2. The number of urea groups is 1. The lowest BCUT2D eigenvalue weighted by molar-refractivity contribution is -0.146. The molecule has 5 nitrogen and oxygen atoms in total. The van der Waals surface area contributed by atoms with Gasteiger partial charge in [0, 0.05) is 6.54 Å². The monoisotopic (exact) mass is 250 g/mol. The summed E-state index contributed by atoms with van der Waals surface area (Å²) in [4.78, 5) is 23.0. The SMILES string of the molecule is COC(=O)C(C)(C)NC(=O)NCc1ccccc1. The topological polar surface area (TPSA) is 67.4 Å². The average Bonchev–Trinajstić information content (AvgIpc) is 2.36. The van der Waals surface area contributed by atoms with Gasteiger partial charge in [0.2, 0.25) is 0 Å². The van der Waals surface area contributed by atoms with E-state index in [1.165, 1.54) is 7.11 Å². The molecular weight excluding hydrogens is 232 g/mol. The van der Waals surface area contributed by atoms with Crippen LogP contribution in [-0.4, -0.2) is 24.6 Å². The highest BCUT2D eigenvalue weighted by Gasteiger charge is 2.30. The molecule has 0 spiro atoms. The Morgan fingerprint density at radius 2 is 1.83 bits per heavy atom. The number of esters is 1. The van der Waals surface area contributed by atoms with Gasteiger partial charge in [0.1, 0.15) is 5.54 Å². The molecule has 1 rings (SSSR count). The third-order valence-corrected chi connectivity index (χ3v) is 2.42. The molecule has 0 fully saturated rings. The van der Waals surface area contributed by atoms with Crippen molar-refractivity contribution in [2.75, 3.05) is 7.11 Å². The first kappa shape index (κ1) is 14.0. The van der Waals surface area contributed by atoms with E-state index in [0.29, 0.717) is 6.54 Å². The van der Waals surface area contributed by atoms with Crippen LogP contribution in [0, 0.1) is 0 Å². The van der Waals surface area contributed by atoms with Gasteiger partial charge in [-0.3, -0.25) is 0 Å². The van der Waals surface area contributed by atoms with Crippen molar-refractivity contribution >= 4 is 12.0 Å². The van der Waals surface area contributed by atoms with Gasteiger partial charge in [-0.1, -0.05) is 30.3 Å². The van der Waals surface area contributed by atoms with Gasteiger partial charge in [0.05, 0.1) is 7.11 Å². The maximum absolute atomic E-state index is 11.6. The van der Waals surface area contributed by atoms with Crippen LogP contribution < -0.4 is 10.6 Å². The number of benzene rings is 1. The predicted molar refractivity (Wildman–Crippen MR) is 67.9 cm³/mol. The Bertz CT molecular complexity index is 416. The molecule has 0 atom stereocenters. The number of carbonyl (C=O) groups excluding carboxylic acids is 2. The first-order chi connectivity index (χ1) is 8.45. The van der Waals surface area contributed by atoms with Gasteiger partial charge in [-0.15, -0.1) is 0 Å². The van der Waals surface area contributed by atoms with E-state index in [1.54, 1.807) is 13.8 Å². The number of methoxy groups -OCH3 is 1. The maximum Gasteiger partial charge on any atom is 0.331 e. The number of hydrogen-bond acceptors (Lipinski definition) is 3. The van der Waals surface area contributed by atoms with Crippen LogP contribution in [0.5, 0.6) is 0 Å². The second-order valence-corrected chi connectivity index (χ2v) is 4.41. The molecule has 0 aliphatic rings. The lowest BCUT2D eigenvalue weighted by atomic mass is 10.1. The molecule has 1 aromatic carbocycles. The summed E-state index contributed by atoms with van der Waals surface area (Å²) in [5.74, 6) is -0.489. The van der Waals surface area contributed by atoms with Crippen LogP contribution in [0.15, 0.2) is 30.3 Å². The Balaban J connectivity index is 2.45. The van der Waals surface area contributed by atoms with Gasteiger partial charge in [-0.2, -0.15) is 0 Å². The summed E-state index contributed by atoms with van der Waals surface area (Å²) in [5, 5.41) is 5.23. The molecule has 0 aliphatic carbocycles. The highest BCUT2D eigenvalue weighted by atomic mass is 16.5. The Morgan fingerprint density at radius 1 is 1.22 bits per heavy atom. The lowest BCUT2D eigenvalue weighted by Gasteiger charge is -2.23. The Hall–Kier alpha value is -2.04. The van der Waals surface area contributed by atoms with Gasteiger partial charge in [-0.25, -0.2) is 9.59 Å². The summed E-state index contributed by atoms with van der Waals surface area (Å²) in [6.07, 6.45) is 0. The summed E-state index contributed by atoms with van der Waals surface area (Å²) in [7, 11) is 1.29. The highest BCUT2D eigenvalue weighted by Crippen LogP contribution is 2.04. The molecule has 2 N–H and O–H groups in total. The minimum Gasteiger partial charge on any atom is -0.467 e. The molecule has 1 aromatic rings. The molecule has 0 bridgehead atoms. The van der Waals surface area contributed by atoms with Gasteiger partial charge < -0.3 is 15.4 Å². The fourth-order valence-corrected chi connectivity index (χ4v) is 1.41. The smallest absolute Gasteiger partial charge is 0.331 e. The maximum atomic E-state index is 11.6. The standard InChI is InChI=1S/C13H18N2O3/c1-13(2,11(16)18-3)15-12(17)14-9-10-7-5-4-6-8-10/h4-8H,9H2,1-3H3,(H2,14,15,17). The van der Waals surface area contributed by atoms with Crippen LogP contribution in [0.25, 0.3) is 0 Å². The molecule has 0 aromatic heterocycles. The Labute approximate surface area is 107 Å². The normalized spacial score (nSPS) is 10.6. The van der Waals surface area contributed by atoms with E-state index >= 15 is 0 Å². The van der Waals surface area contributed by atoms with Crippen LogP contribution in [0.3, 0.4) is 0 Å². The molecular formula is C13H18N2O3. The van der Waals surface area contributed by atoms with Crippen molar-refractivity contribution < 1.29 is 14.3 Å². The van der Waals surface area contributed by atoms with Crippen molar-refractivity contribution in [2.24, 2.45) is 0 Å². The lowest BCUT2D eigenvalue weighted by Crippen LogP contribution is -2.53. The van der Waals surface area contributed by atoms with Crippen molar-refractivity contribution in [3.63, 3.8) is 0 Å². The van der Waals surface area contributed by atoms with E-state index in [0.717, 1.165) is 5.56 Å². The van der Waals surface area contributed by atoms with Gasteiger partial charge in [0.25, 0.3) is 0 Å². The van der Waals surface area contributed by atoms with E-state index in [9.17, 15) is 9.59 Å². The third kappa shape index (κ3) is 4.08. The summed E-state index contributed by atoms with van der Waals surface area (Å²) in [6.45, 7) is 3.58. The molecule has 0 saturated heterocycles. The van der Waals surface area contributed by atoms with Crippen molar-refractivity contribution in [2.45, 2.75) is 25.9 Å². The second-order valence-electron chi connectivity index (χ2n) is 4.41. The highest BCUT2D eigenvalue weighted by molar-refractivity contribution is 5.86. The quantitative estimate of drug-likeness (QED) is 0.794. The number of amides is 2. The summed E-state index contributed by atoms with van der Waals surface area (Å²) >= 11 is 0. The van der Waals surface area contributed by atoms with Crippen molar-refractivity contribution in [3.8, 4) is 0 Å². The summed E-state index contributed by atoms with van der Waals surface area (Å²) in [5.41, 5.74) is -0.0567. The number of rotatable bonds is 4. The molecule has 0 aliphatic heterocycles. The first-order valence-electron chi connectivity index (χ1n) is 5.64. The van der Waals surface area contributed by atoms with Crippen molar-refractivity contribution in [1.82, 2.24) is 10.6 Å². The van der Waals surface area contributed by atoms with Crippen LogP contribution in [-0.2, 0) is 16.1 Å². The second kappa shape index (κ2) is 6.05. The zero-order valence-corrected chi connectivity index (χ0v) is 10.8. The number of ether oxygens (including phenoxy) is 1. The molecule has 98 valence electrons. The predicted octanol–water partition coefficient (Wildman–Crippen LogP) is 1.44. The van der Waals surface area contributed by atoms with E-state index in [4.69, 9.17) is 0 Å². The largest absolute Gasteiger partial charge is 0.467 e. The zero-order valence-electron chi connectivity index (χ0n) is 10.8. The Morgan fingerprint density at radius 3 is 2.39 bits per heavy atom. The summed E-state index contributed by atoms with van der Waals surface area (Å²) in [6, 6.07) is 9.11. The minimum absolute atomic E-state index is 0.407. The van der Waals surface area contributed by atoms with Crippen LogP contribution >= 0.6 is 0 Å². The number of nitrogens with one attached hydrogen (secondary N) is 2. The molecule has 0 unspecified atom stereocenters. The van der Waals surface area contributed by atoms with Crippen LogP contribution in [0.4, 0.5) is 4.79 Å². The van der Waals surface area contributed by atoms with Crippen LogP contribution in [0.1, 0.15) is 19.4 Å². The fraction of sp³-hybridized carbons (Fsp3) is 0.385. The van der Waals surface area contributed by atoms with E-state index < -0.39 is 17.5 Å². The van der Waals surface area contributed by atoms with E-state index in [2.05, 4.69) is 15.4 Å².